The predicted octanol–water partition coefficient (Wildman–Crippen LogP) is 4.94. The Morgan fingerprint density at radius 1 is 1.10 bits per heavy atom. The molecular formula is C16H17Br2NO. The fourth-order valence-electron chi connectivity index (χ4n) is 1.92. The van der Waals surface area contributed by atoms with Gasteiger partial charge in [-0.25, -0.2) is 0 Å². The molecule has 0 bridgehead atoms. The van der Waals surface area contributed by atoms with Gasteiger partial charge in [0, 0.05) is 21.5 Å². The van der Waals surface area contributed by atoms with Crippen molar-refractivity contribution >= 4 is 31.9 Å². The zero-order valence-corrected chi connectivity index (χ0v) is 14.4. The highest BCUT2D eigenvalue weighted by Crippen LogP contribution is 2.26. The Hall–Kier alpha value is -0.840. The average molecular weight is 399 g/mol. The molecule has 1 atom stereocenters. The maximum atomic E-state index is 5.66. The summed E-state index contributed by atoms with van der Waals surface area (Å²) in [4.78, 5) is 0. The zero-order valence-electron chi connectivity index (χ0n) is 11.3. The van der Waals surface area contributed by atoms with E-state index < -0.39 is 0 Å². The van der Waals surface area contributed by atoms with E-state index in [0.717, 1.165) is 21.2 Å². The van der Waals surface area contributed by atoms with Crippen LogP contribution < -0.4 is 10.1 Å². The number of ether oxygens (including phenoxy) is 1. The lowest BCUT2D eigenvalue weighted by atomic mass is 10.1. The van der Waals surface area contributed by atoms with Crippen LogP contribution in [-0.2, 0) is 0 Å². The summed E-state index contributed by atoms with van der Waals surface area (Å²) < 4.78 is 7.84. The Balaban J connectivity index is 1.79. The summed E-state index contributed by atoms with van der Waals surface area (Å²) in [6.07, 6.45) is 0. The lowest BCUT2D eigenvalue weighted by Crippen LogP contribution is -2.24. The van der Waals surface area contributed by atoms with Crippen LogP contribution in [0.3, 0.4) is 0 Å². The zero-order chi connectivity index (χ0) is 14.4. The van der Waals surface area contributed by atoms with Gasteiger partial charge in [-0.15, -0.1) is 0 Å². The van der Waals surface area contributed by atoms with Gasteiger partial charge in [0.05, 0.1) is 0 Å². The normalized spacial score (nSPS) is 12.2. The lowest BCUT2D eigenvalue weighted by molar-refractivity contribution is 0.307. The minimum atomic E-state index is 0.275. The Morgan fingerprint density at radius 2 is 1.85 bits per heavy atom. The fraction of sp³-hybridized carbons (Fsp3) is 0.250. The molecule has 0 saturated heterocycles. The van der Waals surface area contributed by atoms with Crippen molar-refractivity contribution in [1.82, 2.24) is 5.32 Å². The smallest absolute Gasteiger partial charge is 0.119 e. The third-order valence-electron chi connectivity index (χ3n) is 2.99. The molecule has 0 radical (unpaired) electrons. The van der Waals surface area contributed by atoms with E-state index in [1.165, 1.54) is 5.56 Å². The van der Waals surface area contributed by atoms with Crippen molar-refractivity contribution in [3.63, 3.8) is 0 Å². The summed E-state index contributed by atoms with van der Waals surface area (Å²) in [5, 5.41) is 3.46. The van der Waals surface area contributed by atoms with E-state index in [9.17, 15) is 0 Å². The van der Waals surface area contributed by atoms with Crippen molar-refractivity contribution in [2.45, 2.75) is 13.0 Å². The molecule has 0 aliphatic heterocycles. The minimum absolute atomic E-state index is 0.275. The highest BCUT2D eigenvalue weighted by Gasteiger charge is 2.08. The lowest BCUT2D eigenvalue weighted by Gasteiger charge is -2.16. The van der Waals surface area contributed by atoms with Gasteiger partial charge in [0.2, 0.25) is 0 Å². The molecule has 0 amide bonds. The van der Waals surface area contributed by atoms with Crippen molar-refractivity contribution in [2.75, 3.05) is 13.2 Å². The van der Waals surface area contributed by atoms with Crippen LogP contribution in [-0.4, -0.2) is 13.2 Å². The standard InChI is InChI=1S/C16H17Br2NO/c1-12(15-8-7-13(17)11-16(15)18)19-9-10-20-14-5-3-2-4-6-14/h2-8,11-12,19H,9-10H2,1H3. The van der Waals surface area contributed by atoms with E-state index in [4.69, 9.17) is 4.74 Å². The van der Waals surface area contributed by atoms with Crippen LogP contribution in [0, 0.1) is 0 Å². The molecule has 1 N–H and O–H groups in total. The Kier molecular flexibility index (Phi) is 6.07. The van der Waals surface area contributed by atoms with E-state index in [1.807, 2.05) is 30.3 Å². The molecular weight excluding hydrogens is 382 g/mol. The number of hydrogen-bond donors (Lipinski definition) is 1. The maximum absolute atomic E-state index is 5.66. The van der Waals surface area contributed by atoms with E-state index >= 15 is 0 Å². The van der Waals surface area contributed by atoms with Gasteiger partial charge in [-0.2, -0.15) is 0 Å². The van der Waals surface area contributed by atoms with Crippen LogP contribution in [0.5, 0.6) is 5.75 Å². The minimum Gasteiger partial charge on any atom is -0.492 e. The summed E-state index contributed by atoms with van der Waals surface area (Å²) in [7, 11) is 0. The highest BCUT2D eigenvalue weighted by molar-refractivity contribution is 9.11. The number of nitrogens with one attached hydrogen (secondary N) is 1. The second-order valence-corrected chi connectivity index (χ2v) is 6.27. The molecule has 2 aromatic rings. The molecule has 0 aliphatic rings. The van der Waals surface area contributed by atoms with Crippen molar-refractivity contribution in [1.29, 1.82) is 0 Å². The molecule has 0 spiro atoms. The third kappa shape index (κ3) is 4.62. The molecule has 2 nitrogen and oxygen atoms in total. The van der Waals surface area contributed by atoms with Crippen molar-refractivity contribution in [3.05, 3.63) is 63.0 Å². The first-order chi connectivity index (χ1) is 9.66. The molecule has 4 heteroatoms. The second-order valence-electron chi connectivity index (χ2n) is 4.50. The fourth-order valence-corrected chi connectivity index (χ4v) is 3.31. The molecule has 0 fully saturated rings. The third-order valence-corrected chi connectivity index (χ3v) is 4.17. The van der Waals surface area contributed by atoms with E-state index in [-0.39, 0.29) is 6.04 Å². The topological polar surface area (TPSA) is 21.3 Å². The highest BCUT2D eigenvalue weighted by atomic mass is 79.9. The molecule has 20 heavy (non-hydrogen) atoms. The number of benzene rings is 2. The molecule has 106 valence electrons. The number of rotatable bonds is 6. The molecule has 1 unspecified atom stereocenters. The molecule has 0 aromatic heterocycles. The van der Waals surface area contributed by atoms with E-state index in [1.54, 1.807) is 0 Å². The van der Waals surface area contributed by atoms with Crippen molar-refractivity contribution in [3.8, 4) is 5.75 Å². The summed E-state index contributed by atoms with van der Waals surface area (Å²) >= 11 is 7.06. The first-order valence-electron chi connectivity index (χ1n) is 6.53. The summed E-state index contributed by atoms with van der Waals surface area (Å²) in [5.41, 5.74) is 1.24. The van der Waals surface area contributed by atoms with Crippen LogP contribution in [0.1, 0.15) is 18.5 Å². The van der Waals surface area contributed by atoms with Crippen LogP contribution in [0.2, 0.25) is 0 Å². The van der Waals surface area contributed by atoms with Crippen molar-refractivity contribution < 1.29 is 4.74 Å². The molecule has 2 rings (SSSR count). The van der Waals surface area contributed by atoms with Crippen LogP contribution in [0.25, 0.3) is 0 Å². The quantitative estimate of drug-likeness (QED) is 0.695. The second kappa shape index (κ2) is 7.81. The molecule has 2 aromatic carbocycles. The summed E-state index contributed by atoms with van der Waals surface area (Å²) in [6.45, 7) is 3.61. The Bertz CT molecular complexity index is 545. The van der Waals surface area contributed by atoms with Gasteiger partial charge < -0.3 is 10.1 Å². The first kappa shape index (κ1) is 15.5. The Morgan fingerprint density at radius 3 is 2.55 bits per heavy atom. The van der Waals surface area contributed by atoms with E-state index in [2.05, 4.69) is 62.3 Å². The van der Waals surface area contributed by atoms with Gasteiger partial charge in [0.15, 0.2) is 0 Å². The summed E-state index contributed by atoms with van der Waals surface area (Å²) in [6, 6.07) is 16.4. The monoisotopic (exact) mass is 397 g/mol. The predicted molar refractivity (Wildman–Crippen MR) is 90.2 cm³/mol. The van der Waals surface area contributed by atoms with Crippen molar-refractivity contribution in [2.24, 2.45) is 0 Å². The maximum Gasteiger partial charge on any atom is 0.119 e. The van der Waals surface area contributed by atoms with Crippen LogP contribution in [0.4, 0.5) is 0 Å². The van der Waals surface area contributed by atoms with Gasteiger partial charge in [0.1, 0.15) is 12.4 Å². The molecule has 0 aliphatic carbocycles. The largest absolute Gasteiger partial charge is 0.492 e. The number of para-hydroxylation sites is 1. The molecule has 0 heterocycles. The van der Waals surface area contributed by atoms with Gasteiger partial charge in [0.25, 0.3) is 0 Å². The number of halogens is 2. The van der Waals surface area contributed by atoms with Crippen LogP contribution >= 0.6 is 31.9 Å². The van der Waals surface area contributed by atoms with Gasteiger partial charge in [-0.05, 0) is 36.8 Å². The average Bonchev–Trinajstić information content (AvgIpc) is 2.44. The van der Waals surface area contributed by atoms with E-state index in [0.29, 0.717) is 6.61 Å². The first-order valence-corrected chi connectivity index (χ1v) is 8.11. The number of hydrogen-bond acceptors (Lipinski definition) is 2. The molecule has 0 saturated carbocycles. The van der Waals surface area contributed by atoms with Gasteiger partial charge in [-0.3, -0.25) is 0 Å². The van der Waals surface area contributed by atoms with Gasteiger partial charge >= 0.3 is 0 Å². The van der Waals surface area contributed by atoms with Crippen LogP contribution in [0.15, 0.2) is 57.5 Å². The Labute approximate surface area is 136 Å². The van der Waals surface area contributed by atoms with Gasteiger partial charge in [-0.1, -0.05) is 56.1 Å². The summed E-state index contributed by atoms with van der Waals surface area (Å²) in [5.74, 6) is 0.909. The SMILES string of the molecule is CC(NCCOc1ccccc1)c1ccc(Br)cc1Br.